The fourth-order valence-electron chi connectivity index (χ4n) is 4.38. The third-order valence-corrected chi connectivity index (χ3v) is 6.79. The van der Waals surface area contributed by atoms with Crippen molar-refractivity contribution in [1.29, 1.82) is 5.26 Å². The van der Waals surface area contributed by atoms with E-state index in [1.807, 2.05) is 0 Å². The van der Waals surface area contributed by atoms with E-state index in [0.717, 1.165) is 75.8 Å². The number of nitriles is 1. The highest BCUT2D eigenvalue weighted by atomic mass is 32.2. The maximum absolute atomic E-state index is 9.56. The van der Waals surface area contributed by atoms with Crippen LogP contribution in [0.15, 0.2) is 47.6 Å². The van der Waals surface area contributed by atoms with Gasteiger partial charge >= 0.3 is 0 Å². The second kappa shape index (κ2) is 9.23. The fourth-order valence-corrected chi connectivity index (χ4v) is 5.16. The van der Waals surface area contributed by atoms with E-state index in [1.54, 1.807) is 0 Å². The first-order valence-electron chi connectivity index (χ1n) is 10.4. The number of thiocyanates is 1. The summed E-state index contributed by atoms with van der Waals surface area (Å²) in [4.78, 5) is 9.89. The number of rotatable bonds is 1. The van der Waals surface area contributed by atoms with Gasteiger partial charge in [0, 0.05) is 44.4 Å². The first-order valence-corrected chi connectivity index (χ1v) is 11.3. The van der Waals surface area contributed by atoms with Crippen molar-refractivity contribution in [3.8, 4) is 5.40 Å². The summed E-state index contributed by atoms with van der Waals surface area (Å²) in [5.74, 6) is 0. The average Bonchev–Trinajstić information content (AvgIpc) is 2.68. The summed E-state index contributed by atoms with van der Waals surface area (Å²) < 4.78 is 0.565. The first kappa shape index (κ1) is 20.3. The fraction of sp³-hybridized carbons (Fsp3) is 0.500. The molecule has 3 unspecified atom stereocenters. The van der Waals surface area contributed by atoms with Crippen molar-refractivity contribution in [2.75, 3.05) is 46.3 Å². The van der Waals surface area contributed by atoms with Gasteiger partial charge in [0.25, 0.3) is 0 Å². The molecule has 0 N–H and O–H groups in total. The zero-order valence-corrected chi connectivity index (χ0v) is 17.9. The molecule has 29 heavy (non-hydrogen) atoms. The molecule has 7 heteroatoms. The lowest BCUT2D eigenvalue weighted by molar-refractivity contribution is -0.956. The minimum Gasteiger partial charge on any atom is -0.306 e. The molecule has 0 radical (unpaired) electrons. The number of pyridine rings is 1. The summed E-state index contributed by atoms with van der Waals surface area (Å²) in [6.45, 7) is 6.71. The summed E-state index contributed by atoms with van der Waals surface area (Å²) in [6, 6.07) is 6.26. The zero-order valence-electron chi connectivity index (χ0n) is 17.1. The normalized spacial score (nSPS) is 32.6. The monoisotopic (exact) mass is 409 g/mol. The summed E-state index contributed by atoms with van der Waals surface area (Å²) in [6.07, 6.45) is 10.8. The molecule has 0 fully saturated rings. The summed E-state index contributed by atoms with van der Waals surface area (Å²) in [5.41, 5.74) is 3.14. The van der Waals surface area contributed by atoms with Gasteiger partial charge in [-0.25, -0.2) is 4.98 Å². The third-order valence-electron chi connectivity index (χ3n) is 5.83. The van der Waals surface area contributed by atoms with Gasteiger partial charge in [0.15, 0.2) is 12.3 Å². The molecule has 1 aromatic heterocycles. The minimum atomic E-state index is -0.0859. The molecule has 0 saturated carbocycles. The molecule has 6 nitrogen and oxygen atoms in total. The van der Waals surface area contributed by atoms with Crippen molar-refractivity contribution >= 4 is 17.5 Å². The van der Waals surface area contributed by atoms with Gasteiger partial charge in [-0.1, -0.05) is 29.4 Å². The van der Waals surface area contributed by atoms with Crippen LogP contribution in [0.5, 0.6) is 0 Å². The van der Waals surface area contributed by atoms with E-state index in [1.165, 1.54) is 11.8 Å². The number of nitrogens with zero attached hydrogens (tertiary/aromatic N) is 6. The maximum atomic E-state index is 9.56. The lowest BCUT2D eigenvalue weighted by atomic mass is 10.1. The second-order valence-electron chi connectivity index (χ2n) is 8.11. The van der Waals surface area contributed by atoms with E-state index in [0.29, 0.717) is 4.59 Å². The third kappa shape index (κ3) is 4.78. The van der Waals surface area contributed by atoms with Gasteiger partial charge in [-0.05, 0) is 38.2 Å². The smallest absolute Gasteiger partial charge is 0.216 e. The Hall–Kier alpha value is -1.98. The lowest BCUT2D eigenvalue weighted by Crippen LogP contribution is -2.56. The van der Waals surface area contributed by atoms with Crippen molar-refractivity contribution in [2.24, 2.45) is 5.10 Å². The van der Waals surface area contributed by atoms with Crippen LogP contribution in [0, 0.1) is 10.7 Å². The van der Waals surface area contributed by atoms with Crippen LogP contribution in [0.2, 0.25) is 0 Å². The van der Waals surface area contributed by atoms with E-state index in [-0.39, 0.29) is 5.37 Å². The molecule has 152 valence electrons. The van der Waals surface area contributed by atoms with E-state index >= 15 is 0 Å². The topological polar surface area (TPSA) is 55.5 Å². The van der Waals surface area contributed by atoms with Gasteiger partial charge in [0.2, 0.25) is 5.37 Å². The Labute approximate surface area is 177 Å². The number of hydrogen-bond acceptors (Lipinski definition) is 6. The number of quaternary nitrogens is 1. The van der Waals surface area contributed by atoms with Gasteiger partial charge in [-0.15, -0.1) is 0 Å². The summed E-state index contributed by atoms with van der Waals surface area (Å²) >= 11 is 1.30. The SMILES string of the molecule is CN1CCCN2C/C=C/C=C/C3=N[N+](CCC1)(C3)C(SC#N)c1cccc(n1)C2. The molecule has 4 aliphatic heterocycles. The highest BCUT2D eigenvalue weighted by Crippen LogP contribution is 2.42. The Morgan fingerprint density at radius 3 is 2.93 bits per heavy atom. The largest absolute Gasteiger partial charge is 0.306 e. The molecule has 0 aliphatic carbocycles. The molecule has 4 aliphatic rings. The molecule has 5 heterocycles. The van der Waals surface area contributed by atoms with Crippen LogP contribution in [-0.2, 0) is 6.54 Å². The molecule has 0 aromatic carbocycles. The molecule has 1 spiro atoms. The van der Waals surface area contributed by atoms with Gasteiger partial charge < -0.3 is 4.90 Å². The van der Waals surface area contributed by atoms with Crippen LogP contribution in [-0.4, -0.2) is 71.4 Å². The predicted octanol–water partition coefficient (Wildman–Crippen LogP) is 3.13. The number of fused-ring (bicyclic) bond motifs is 2. The number of thioether (sulfide) groups is 1. The number of aromatic nitrogens is 1. The number of hydrogen-bond donors (Lipinski definition) is 0. The van der Waals surface area contributed by atoms with E-state index in [2.05, 4.69) is 64.8 Å². The Bertz CT molecular complexity index is 857. The molecule has 5 bridgehead atoms. The number of allylic oxidation sites excluding steroid dienone is 2. The molecular weight excluding hydrogens is 380 g/mol. The van der Waals surface area contributed by atoms with Crippen molar-refractivity contribution in [1.82, 2.24) is 14.8 Å². The molecule has 3 atom stereocenters. The minimum absolute atomic E-state index is 0.0859. The standard InChI is InChI=1S/C22H29N6S/c1-26-11-6-14-27-13-4-2-3-8-20-17-28(25-20,15-7-12-26)22(29-18-23)21-10-5-9-19(16-27)24-21/h2-5,8-10,22H,6-7,11-17H2,1H3/q+1/b4-2+,8-3+. The Morgan fingerprint density at radius 2 is 2.07 bits per heavy atom. The van der Waals surface area contributed by atoms with Gasteiger partial charge in [0.1, 0.15) is 17.6 Å². The van der Waals surface area contributed by atoms with Crippen LogP contribution in [0.4, 0.5) is 0 Å². The molecule has 0 saturated heterocycles. The lowest BCUT2D eigenvalue weighted by Gasteiger charge is -2.43. The predicted molar refractivity (Wildman–Crippen MR) is 118 cm³/mol. The summed E-state index contributed by atoms with van der Waals surface area (Å²) in [7, 11) is 2.21. The van der Waals surface area contributed by atoms with Crippen LogP contribution >= 0.6 is 11.8 Å². The van der Waals surface area contributed by atoms with Crippen molar-refractivity contribution in [3.63, 3.8) is 0 Å². The first-order chi connectivity index (χ1) is 14.2. The van der Waals surface area contributed by atoms with Crippen molar-refractivity contribution in [3.05, 3.63) is 53.9 Å². The van der Waals surface area contributed by atoms with Gasteiger partial charge in [0.05, 0.1) is 5.69 Å². The Kier molecular flexibility index (Phi) is 6.46. The van der Waals surface area contributed by atoms with Crippen LogP contribution < -0.4 is 0 Å². The van der Waals surface area contributed by atoms with Crippen LogP contribution in [0.3, 0.4) is 0 Å². The molecule has 0 amide bonds. The Balaban J connectivity index is 1.79. The zero-order chi connectivity index (χ0) is 20.1. The summed E-state index contributed by atoms with van der Waals surface area (Å²) in [5, 5.41) is 16.8. The molecule has 1 aromatic rings. The average molecular weight is 410 g/mol. The second-order valence-corrected chi connectivity index (χ2v) is 8.97. The van der Waals surface area contributed by atoms with E-state index in [9.17, 15) is 5.26 Å². The van der Waals surface area contributed by atoms with Gasteiger partial charge in [-0.3, -0.25) is 4.90 Å². The quantitative estimate of drug-likeness (QED) is 0.527. The van der Waals surface area contributed by atoms with E-state index in [4.69, 9.17) is 10.1 Å². The van der Waals surface area contributed by atoms with E-state index < -0.39 is 0 Å². The van der Waals surface area contributed by atoms with Gasteiger partial charge in [-0.2, -0.15) is 9.85 Å². The highest BCUT2D eigenvalue weighted by Gasteiger charge is 2.47. The van der Waals surface area contributed by atoms with Crippen molar-refractivity contribution < 1.29 is 4.59 Å². The highest BCUT2D eigenvalue weighted by molar-refractivity contribution is 8.03. The maximum Gasteiger partial charge on any atom is 0.216 e. The molecular formula is C22H29N6S+. The van der Waals surface area contributed by atoms with Crippen LogP contribution in [0.1, 0.15) is 29.6 Å². The molecule has 5 rings (SSSR count). The Morgan fingerprint density at radius 1 is 1.21 bits per heavy atom. The van der Waals surface area contributed by atoms with Crippen LogP contribution in [0.25, 0.3) is 0 Å². The van der Waals surface area contributed by atoms with Crippen molar-refractivity contribution in [2.45, 2.75) is 24.8 Å².